The molecule has 8 nitrogen and oxygen atoms in total. The Kier molecular flexibility index (Phi) is 4.61. The molecule has 2 heterocycles. The topological polar surface area (TPSA) is 127 Å². The molecule has 2 saturated heterocycles. The van der Waals surface area contributed by atoms with Crippen molar-refractivity contribution < 1.29 is 38.9 Å². The zero-order chi connectivity index (χ0) is 27.0. The minimum absolute atomic E-state index is 0.102. The van der Waals surface area contributed by atoms with Gasteiger partial charge in [0.25, 0.3) is 0 Å². The molecule has 2 N–H and O–H groups in total. The zero-order valence-electron chi connectivity index (χ0n) is 21.0. The van der Waals surface area contributed by atoms with Crippen molar-refractivity contribution in [3.05, 3.63) is 59.8 Å². The van der Waals surface area contributed by atoms with E-state index in [4.69, 9.17) is 9.47 Å². The second-order valence-corrected chi connectivity index (χ2v) is 12.3. The van der Waals surface area contributed by atoms with Crippen LogP contribution in [0.25, 0.3) is 0 Å². The van der Waals surface area contributed by atoms with E-state index in [1.54, 1.807) is 0 Å². The molecule has 5 fully saturated rings. The second kappa shape index (κ2) is 7.30. The van der Waals surface area contributed by atoms with Crippen molar-refractivity contribution in [3.8, 4) is 0 Å². The molecule has 8 heteroatoms. The highest BCUT2D eigenvalue weighted by atomic mass is 16.6. The number of aliphatic hydroxyl groups excluding tert-OH is 1. The van der Waals surface area contributed by atoms with Crippen LogP contribution < -0.4 is 0 Å². The SMILES string of the molecule is C=C1C(=O)C2=C3[C@@H]1[C@H]1OC(=O)C(=C)[C@@H]1[C@H](O)C[C@]3(O)CC[C@@]21C(=O)C[C@H]2C(=C)CC[C@H]3C(=C)C(=O)O[C@@H]3[C@H]21. The Morgan fingerprint density at radius 3 is 2.29 bits per heavy atom. The van der Waals surface area contributed by atoms with E-state index in [9.17, 15) is 29.4 Å². The van der Waals surface area contributed by atoms with Gasteiger partial charge in [0.15, 0.2) is 5.78 Å². The average molecular weight is 519 g/mol. The maximum absolute atomic E-state index is 14.2. The van der Waals surface area contributed by atoms with Gasteiger partial charge in [-0.2, -0.15) is 0 Å². The molecule has 10 atom stereocenters. The van der Waals surface area contributed by atoms with E-state index < -0.39 is 64.8 Å². The molecule has 0 amide bonds. The summed E-state index contributed by atoms with van der Waals surface area (Å²) < 4.78 is 11.5. The first-order valence-corrected chi connectivity index (χ1v) is 13.3. The zero-order valence-corrected chi connectivity index (χ0v) is 21.0. The Hall–Kier alpha value is -3.10. The van der Waals surface area contributed by atoms with Gasteiger partial charge in [-0.15, -0.1) is 0 Å². The van der Waals surface area contributed by atoms with Crippen LogP contribution in [0, 0.1) is 35.0 Å². The number of carbonyl (C=O) groups excluding carboxylic acids is 4. The fourth-order valence-electron chi connectivity index (χ4n) is 9.14. The molecular formula is C30H30O8. The summed E-state index contributed by atoms with van der Waals surface area (Å²) >= 11 is 0. The quantitative estimate of drug-likeness (QED) is 0.284. The van der Waals surface area contributed by atoms with Crippen molar-refractivity contribution >= 4 is 23.5 Å². The molecule has 2 aliphatic heterocycles. The molecule has 5 aliphatic carbocycles. The Morgan fingerprint density at radius 1 is 0.868 bits per heavy atom. The van der Waals surface area contributed by atoms with Gasteiger partial charge < -0.3 is 19.7 Å². The summed E-state index contributed by atoms with van der Waals surface area (Å²) in [5.41, 5.74) is -0.875. The van der Waals surface area contributed by atoms with E-state index in [1.165, 1.54) is 0 Å². The number of rotatable bonds is 0. The number of hydrogen-bond acceptors (Lipinski definition) is 8. The number of allylic oxidation sites excluding steroid dienone is 2. The highest BCUT2D eigenvalue weighted by molar-refractivity contribution is 6.18. The molecule has 0 aromatic heterocycles. The average Bonchev–Trinajstić information content (AvgIpc) is 3.46. The molecule has 1 spiro atoms. The molecule has 0 aromatic carbocycles. The monoisotopic (exact) mass is 518 g/mol. The van der Waals surface area contributed by atoms with Gasteiger partial charge in [0.1, 0.15) is 18.0 Å². The van der Waals surface area contributed by atoms with Crippen molar-refractivity contribution in [1.29, 1.82) is 0 Å². The summed E-state index contributed by atoms with van der Waals surface area (Å²) in [4.78, 5) is 53.5. The highest BCUT2D eigenvalue weighted by Gasteiger charge is 2.71. The lowest BCUT2D eigenvalue weighted by atomic mass is 9.56. The maximum Gasteiger partial charge on any atom is 0.334 e. The number of hydrogen-bond donors (Lipinski definition) is 2. The predicted molar refractivity (Wildman–Crippen MR) is 132 cm³/mol. The van der Waals surface area contributed by atoms with Crippen LogP contribution in [0.5, 0.6) is 0 Å². The summed E-state index contributed by atoms with van der Waals surface area (Å²) in [6, 6.07) is 0. The number of carbonyl (C=O) groups is 4. The number of ketones is 2. The van der Waals surface area contributed by atoms with Crippen LogP contribution in [0.15, 0.2) is 59.8 Å². The summed E-state index contributed by atoms with van der Waals surface area (Å²) in [5, 5.41) is 23.2. The van der Waals surface area contributed by atoms with Crippen molar-refractivity contribution in [3.63, 3.8) is 0 Å². The van der Waals surface area contributed by atoms with Gasteiger partial charge >= 0.3 is 11.9 Å². The molecule has 198 valence electrons. The van der Waals surface area contributed by atoms with Crippen molar-refractivity contribution in [2.24, 2.45) is 35.0 Å². The normalized spacial score (nSPS) is 47.5. The van der Waals surface area contributed by atoms with Crippen LogP contribution in [0.4, 0.5) is 0 Å². The van der Waals surface area contributed by atoms with Gasteiger partial charge in [-0.1, -0.05) is 31.9 Å². The van der Waals surface area contributed by atoms with E-state index in [-0.39, 0.29) is 60.0 Å². The minimum Gasteiger partial charge on any atom is -0.458 e. The van der Waals surface area contributed by atoms with Gasteiger partial charge in [0.2, 0.25) is 0 Å². The largest absolute Gasteiger partial charge is 0.458 e. The molecule has 0 radical (unpaired) electrons. The summed E-state index contributed by atoms with van der Waals surface area (Å²) in [7, 11) is 0. The van der Waals surface area contributed by atoms with Gasteiger partial charge in [-0.25, -0.2) is 9.59 Å². The Bertz CT molecular complexity index is 1370. The summed E-state index contributed by atoms with van der Waals surface area (Å²) in [6.45, 7) is 16.1. The standard InChI is InChI=1S/C30H30O8/c1-11-5-6-15-12(2)27(34)37-25(15)21-16(11)9-18(32)30(21)8-7-29(36)10-17(31)19-14(4)28(35)38-26(19)20-13(3)24(33)23(30)22(20)29/h15-17,19-21,25-26,31,36H,1-10H2/t15-,16-,17+,19+,20+,21-,25-,26-,29+,30-/m0/s1. The van der Waals surface area contributed by atoms with Crippen molar-refractivity contribution in [2.45, 2.75) is 62.4 Å². The molecule has 7 aliphatic rings. The second-order valence-electron chi connectivity index (χ2n) is 12.3. The molecular weight excluding hydrogens is 488 g/mol. The number of fused-ring (bicyclic) bond motifs is 7. The number of esters is 2. The van der Waals surface area contributed by atoms with Crippen LogP contribution in [-0.2, 0) is 28.7 Å². The summed E-state index contributed by atoms with van der Waals surface area (Å²) in [6.07, 6.45) is -1.16. The number of aliphatic hydroxyl groups is 2. The highest BCUT2D eigenvalue weighted by Crippen LogP contribution is 2.68. The third kappa shape index (κ3) is 2.58. The van der Waals surface area contributed by atoms with E-state index in [0.29, 0.717) is 24.0 Å². The first-order chi connectivity index (χ1) is 17.9. The number of ether oxygens (including phenoxy) is 2. The Morgan fingerprint density at radius 2 is 1.55 bits per heavy atom. The van der Waals surface area contributed by atoms with Crippen LogP contribution >= 0.6 is 0 Å². The van der Waals surface area contributed by atoms with E-state index >= 15 is 0 Å². The lowest BCUT2D eigenvalue weighted by Gasteiger charge is -2.47. The summed E-state index contributed by atoms with van der Waals surface area (Å²) in [5.74, 6) is -4.50. The van der Waals surface area contributed by atoms with Gasteiger partial charge in [-0.05, 0) is 37.2 Å². The molecule has 7 rings (SSSR count). The van der Waals surface area contributed by atoms with Crippen LogP contribution in [0.1, 0.15) is 38.5 Å². The van der Waals surface area contributed by atoms with Crippen LogP contribution in [0.2, 0.25) is 0 Å². The van der Waals surface area contributed by atoms with Crippen LogP contribution in [0.3, 0.4) is 0 Å². The maximum atomic E-state index is 14.2. The minimum atomic E-state index is -1.59. The van der Waals surface area contributed by atoms with Gasteiger partial charge in [0, 0.05) is 52.9 Å². The third-order valence-corrected chi connectivity index (χ3v) is 10.8. The van der Waals surface area contributed by atoms with Crippen LogP contribution in [-0.4, -0.2) is 57.6 Å². The number of Topliss-reactive ketones (excluding diaryl/α,β-unsaturated/α-hetero) is 2. The fourth-order valence-corrected chi connectivity index (χ4v) is 9.14. The molecule has 0 bridgehead atoms. The third-order valence-electron chi connectivity index (χ3n) is 10.8. The van der Waals surface area contributed by atoms with Gasteiger partial charge in [-0.3, -0.25) is 9.59 Å². The first-order valence-electron chi connectivity index (χ1n) is 13.3. The lowest BCUT2D eigenvalue weighted by molar-refractivity contribution is -0.146. The lowest BCUT2D eigenvalue weighted by Crippen LogP contribution is -2.51. The van der Waals surface area contributed by atoms with Crippen molar-refractivity contribution in [1.82, 2.24) is 0 Å². The van der Waals surface area contributed by atoms with E-state index in [0.717, 1.165) is 5.57 Å². The Labute approximate surface area is 219 Å². The molecule has 0 aromatic rings. The molecule has 0 unspecified atom stereocenters. The molecule has 3 saturated carbocycles. The molecule has 38 heavy (non-hydrogen) atoms. The first kappa shape index (κ1) is 24.0. The Balaban J connectivity index is 1.48. The predicted octanol–water partition coefficient (Wildman–Crippen LogP) is 2.06. The van der Waals surface area contributed by atoms with Crippen molar-refractivity contribution in [2.75, 3.05) is 0 Å². The van der Waals surface area contributed by atoms with E-state index in [1.807, 2.05) is 0 Å². The van der Waals surface area contributed by atoms with Gasteiger partial charge in [0.05, 0.1) is 23.0 Å². The smallest absolute Gasteiger partial charge is 0.334 e. The van der Waals surface area contributed by atoms with E-state index in [2.05, 4.69) is 26.3 Å². The fraction of sp³-hybridized carbons (Fsp3) is 0.533.